The van der Waals surface area contributed by atoms with Crippen molar-refractivity contribution in [3.63, 3.8) is 0 Å². The lowest BCUT2D eigenvalue weighted by Crippen LogP contribution is -2.30. The topological polar surface area (TPSA) is 50.7 Å². The third-order valence-corrected chi connectivity index (χ3v) is 2.46. The van der Waals surface area contributed by atoms with Crippen LogP contribution >= 0.6 is 11.6 Å². The molecule has 1 rings (SSSR count). The third-order valence-electron chi connectivity index (χ3n) is 2.09. The van der Waals surface area contributed by atoms with Crippen LogP contribution in [0.15, 0.2) is 24.3 Å². The Hall–Kier alpha value is -0.650. The fourth-order valence-electron chi connectivity index (χ4n) is 1.24. The van der Waals surface area contributed by atoms with Crippen LogP contribution in [0, 0.1) is 0 Å². The highest BCUT2D eigenvalue weighted by molar-refractivity contribution is 6.31. The molecule has 0 aliphatic rings. The van der Waals surface area contributed by atoms with Crippen LogP contribution in [0.25, 0.3) is 0 Å². The zero-order valence-corrected chi connectivity index (χ0v) is 10.6. The molecule has 0 heterocycles. The maximum Gasteiger partial charge on any atom is 0.0921 e. The molecule has 1 aromatic rings. The predicted molar refractivity (Wildman–Crippen MR) is 66.7 cm³/mol. The molecular formula is C12H18ClNO3. The Labute approximate surface area is 106 Å². The zero-order chi connectivity index (χ0) is 12.5. The molecule has 1 unspecified atom stereocenters. The van der Waals surface area contributed by atoms with Gasteiger partial charge >= 0.3 is 0 Å². The minimum Gasteiger partial charge on any atom is -0.389 e. The van der Waals surface area contributed by atoms with E-state index in [9.17, 15) is 5.11 Å². The van der Waals surface area contributed by atoms with Gasteiger partial charge in [-0.15, -0.1) is 0 Å². The van der Waals surface area contributed by atoms with E-state index in [4.69, 9.17) is 21.2 Å². The minimum absolute atomic E-state index is 0.241. The first-order valence-electron chi connectivity index (χ1n) is 5.58. The predicted octanol–water partition coefficient (Wildman–Crippen LogP) is 1.76. The number of hydroxylamine groups is 1. The lowest BCUT2D eigenvalue weighted by molar-refractivity contribution is -0.0147. The molecule has 2 N–H and O–H groups in total. The molecule has 0 amide bonds. The molecule has 0 fully saturated rings. The highest BCUT2D eigenvalue weighted by Gasteiger charge is 2.05. The molecule has 0 bridgehead atoms. The Kier molecular flexibility index (Phi) is 7.16. The van der Waals surface area contributed by atoms with Gasteiger partial charge in [0, 0.05) is 11.6 Å². The molecule has 1 atom stereocenters. The standard InChI is InChI=1S/C12H18ClNO3/c1-2-17-14-7-11(15)9-16-8-10-5-3-4-6-12(10)13/h3-6,11,14-15H,2,7-9H2,1H3. The van der Waals surface area contributed by atoms with Gasteiger partial charge in [-0.25, -0.2) is 0 Å². The number of hydrogen-bond acceptors (Lipinski definition) is 4. The van der Waals surface area contributed by atoms with Gasteiger partial charge in [0.1, 0.15) is 0 Å². The Bertz CT molecular complexity index is 322. The highest BCUT2D eigenvalue weighted by Crippen LogP contribution is 2.15. The van der Waals surface area contributed by atoms with Crippen molar-refractivity contribution < 1.29 is 14.7 Å². The van der Waals surface area contributed by atoms with Crippen molar-refractivity contribution in [2.75, 3.05) is 19.8 Å². The normalized spacial score (nSPS) is 12.6. The van der Waals surface area contributed by atoms with E-state index in [1.54, 1.807) is 0 Å². The molecule has 0 aromatic heterocycles. The first-order chi connectivity index (χ1) is 8.24. The minimum atomic E-state index is -0.593. The van der Waals surface area contributed by atoms with Crippen LogP contribution in [0.3, 0.4) is 0 Å². The van der Waals surface area contributed by atoms with Gasteiger partial charge in [-0.05, 0) is 18.6 Å². The van der Waals surface area contributed by atoms with Crippen LogP contribution in [0.1, 0.15) is 12.5 Å². The summed E-state index contributed by atoms with van der Waals surface area (Å²) in [5.41, 5.74) is 3.55. The van der Waals surface area contributed by atoms with E-state index < -0.39 is 6.10 Å². The van der Waals surface area contributed by atoms with E-state index >= 15 is 0 Å². The molecule has 17 heavy (non-hydrogen) atoms. The van der Waals surface area contributed by atoms with E-state index in [-0.39, 0.29) is 6.61 Å². The van der Waals surface area contributed by atoms with Crippen LogP contribution in [-0.2, 0) is 16.2 Å². The van der Waals surface area contributed by atoms with Gasteiger partial charge in [0.15, 0.2) is 0 Å². The van der Waals surface area contributed by atoms with Crippen molar-refractivity contribution in [2.45, 2.75) is 19.6 Å². The Morgan fingerprint density at radius 3 is 2.88 bits per heavy atom. The van der Waals surface area contributed by atoms with Gasteiger partial charge in [-0.3, -0.25) is 0 Å². The second kappa shape index (κ2) is 8.44. The first kappa shape index (κ1) is 14.4. The van der Waals surface area contributed by atoms with Crippen molar-refractivity contribution in [1.29, 1.82) is 0 Å². The van der Waals surface area contributed by atoms with E-state index in [0.29, 0.717) is 24.8 Å². The van der Waals surface area contributed by atoms with E-state index in [2.05, 4.69) is 5.48 Å². The van der Waals surface area contributed by atoms with Crippen molar-refractivity contribution in [2.24, 2.45) is 0 Å². The zero-order valence-electron chi connectivity index (χ0n) is 9.86. The average Bonchev–Trinajstić information content (AvgIpc) is 2.32. The number of benzene rings is 1. The van der Waals surface area contributed by atoms with Gasteiger partial charge in [0.2, 0.25) is 0 Å². The molecule has 4 nitrogen and oxygen atoms in total. The van der Waals surface area contributed by atoms with Crippen LogP contribution in [0.5, 0.6) is 0 Å². The smallest absolute Gasteiger partial charge is 0.0921 e. The number of rotatable bonds is 8. The summed E-state index contributed by atoms with van der Waals surface area (Å²) in [4.78, 5) is 4.90. The summed E-state index contributed by atoms with van der Waals surface area (Å²) < 4.78 is 5.36. The third kappa shape index (κ3) is 6.00. The average molecular weight is 260 g/mol. The van der Waals surface area contributed by atoms with Crippen molar-refractivity contribution in [1.82, 2.24) is 5.48 Å². The summed E-state index contributed by atoms with van der Waals surface area (Å²) in [6, 6.07) is 7.48. The van der Waals surface area contributed by atoms with Crippen LogP contribution in [0.4, 0.5) is 0 Å². The van der Waals surface area contributed by atoms with Crippen molar-refractivity contribution >= 4 is 11.6 Å². The Balaban J connectivity index is 2.17. The molecule has 96 valence electrons. The molecule has 0 aliphatic heterocycles. The maximum absolute atomic E-state index is 9.52. The van der Waals surface area contributed by atoms with Crippen LogP contribution in [0.2, 0.25) is 5.02 Å². The SMILES string of the molecule is CCONCC(O)COCc1ccccc1Cl. The summed E-state index contributed by atoms with van der Waals surface area (Å²) in [7, 11) is 0. The van der Waals surface area contributed by atoms with Crippen LogP contribution in [-0.4, -0.2) is 31.0 Å². The van der Waals surface area contributed by atoms with E-state index in [1.165, 1.54) is 0 Å². The molecule has 0 saturated carbocycles. The van der Waals surface area contributed by atoms with Crippen molar-refractivity contribution in [3.8, 4) is 0 Å². The van der Waals surface area contributed by atoms with Crippen molar-refractivity contribution in [3.05, 3.63) is 34.9 Å². The number of aliphatic hydroxyl groups is 1. The number of hydrogen-bond donors (Lipinski definition) is 2. The second-order valence-corrected chi connectivity index (χ2v) is 3.95. The maximum atomic E-state index is 9.52. The van der Waals surface area contributed by atoms with Gasteiger partial charge in [0.05, 0.1) is 25.9 Å². The Morgan fingerprint density at radius 2 is 2.18 bits per heavy atom. The summed E-state index contributed by atoms with van der Waals surface area (Å²) in [5.74, 6) is 0. The second-order valence-electron chi connectivity index (χ2n) is 3.54. The molecule has 0 spiro atoms. The first-order valence-corrected chi connectivity index (χ1v) is 5.95. The monoisotopic (exact) mass is 259 g/mol. The molecule has 0 saturated heterocycles. The summed E-state index contributed by atoms with van der Waals surface area (Å²) >= 11 is 5.97. The quantitative estimate of drug-likeness (QED) is 0.552. The fraction of sp³-hybridized carbons (Fsp3) is 0.500. The highest BCUT2D eigenvalue weighted by atomic mass is 35.5. The molecular weight excluding hydrogens is 242 g/mol. The summed E-state index contributed by atoms with van der Waals surface area (Å²) in [6.45, 7) is 3.41. The largest absolute Gasteiger partial charge is 0.389 e. The van der Waals surface area contributed by atoms with Crippen LogP contribution < -0.4 is 5.48 Å². The van der Waals surface area contributed by atoms with Gasteiger partial charge in [-0.2, -0.15) is 5.48 Å². The number of nitrogens with one attached hydrogen (secondary N) is 1. The van der Waals surface area contributed by atoms with E-state index in [0.717, 1.165) is 5.56 Å². The summed E-state index contributed by atoms with van der Waals surface area (Å²) in [5, 5.41) is 10.2. The fourth-order valence-corrected chi connectivity index (χ4v) is 1.43. The number of aliphatic hydroxyl groups excluding tert-OH is 1. The molecule has 0 radical (unpaired) electrons. The molecule has 1 aromatic carbocycles. The summed E-state index contributed by atoms with van der Waals surface area (Å²) in [6.07, 6.45) is -0.593. The lowest BCUT2D eigenvalue weighted by atomic mass is 10.2. The van der Waals surface area contributed by atoms with E-state index in [1.807, 2.05) is 31.2 Å². The molecule has 5 heteroatoms. The van der Waals surface area contributed by atoms with Gasteiger partial charge < -0.3 is 14.7 Å². The van der Waals surface area contributed by atoms with Gasteiger partial charge in [-0.1, -0.05) is 29.8 Å². The number of halogens is 1. The number of ether oxygens (including phenoxy) is 1. The molecule has 0 aliphatic carbocycles. The van der Waals surface area contributed by atoms with Gasteiger partial charge in [0.25, 0.3) is 0 Å². The Morgan fingerprint density at radius 1 is 1.41 bits per heavy atom. The lowest BCUT2D eigenvalue weighted by Gasteiger charge is -2.12.